The van der Waals surface area contributed by atoms with Crippen LogP contribution in [-0.4, -0.2) is 40.0 Å². The largest absolute Gasteiger partial charge is 0.339 e. The number of hydrogen-bond donors (Lipinski definition) is 1. The number of nitrogens with one attached hydrogen (secondary N) is 1. The highest BCUT2D eigenvalue weighted by atomic mass is 32.1. The maximum atomic E-state index is 13.8. The molecule has 1 aliphatic rings. The van der Waals surface area contributed by atoms with Crippen LogP contribution in [-0.2, 0) is 11.2 Å². The van der Waals surface area contributed by atoms with E-state index in [0.29, 0.717) is 43.0 Å². The van der Waals surface area contributed by atoms with Gasteiger partial charge < -0.3 is 10.2 Å². The van der Waals surface area contributed by atoms with E-state index < -0.39 is 17.5 Å². The molecule has 1 aromatic heterocycles. The molecule has 2 heterocycles. The number of hydrogen-bond acceptors (Lipinski definition) is 5. The van der Waals surface area contributed by atoms with Crippen molar-refractivity contribution in [3.8, 4) is 0 Å². The Kier molecular flexibility index (Phi) is 6.33. The van der Waals surface area contributed by atoms with Gasteiger partial charge in [-0.3, -0.25) is 9.59 Å². The summed E-state index contributed by atoms with van der Waals surface area (Å²) < 4.78 is 26.8. The average Bonchev–Trinajstić information content (AvgIpc) is 3.07. The van der Waals surface area contributed by atoms with Crippen molar-refractivity contribution in [3.63, 3.8) is 0 Å². The first kappa shape index (κ1) is 20.3. The van der Waals surface area contributed by atoms with E-state index in [-0.39, 0.29) is 17.4 Å². The summed E-state index contributed by atoms with van der Waals surface area (Å²) in [5, 5.41) is 12.2. The second-order valence-electron chi connectivity index (χ2n) is 7.28. The van der Waals surface area contributed by atoms with E-state index in [1.165, 1.54) is 16.2 Å². The number of carbonyl (C=O) groups excluding carboxylic acids is 2. The van der Waals surface area contributed by atoms with Gasteiger partial charge in [0.2, 0.25) is 11.0 Å². The van der Waals surface area contributed by atoms with Crippen molar-refractivity contribution in [1.29, 1.82) is 0 Å². The number of likely N-dealkylation sites (tertiary alicyclic amines) is 1. The molecule has 2 amide bonds. The van der Waals surface area contributed by atoms with E-state index in [9.17, 15) is 18.4 Å². The van der Waals surface area contributed by atoms with Gasteiger partial charge in [0.25, 0.3) is 5.91 Å². The van der Waals surface area contributed by atoms with E-state index in [1.807, 2.05) is 0 Å². The Balaban J connectivity index is 1.53. The number of benzene rings is 1. The monoisotopic (exact) mass is 408 g/mol. The van der Waals surface area contributed by atoms with Crippen LogP contribution in [0.5, 0.6) is 0 Å². The van der Waals surface area contributed by atoms with Gasteiger partial charge in [0, 0.05) is 31.5 Å². The van der Waals surface area contributed by atoms with Crippen LogP contribution in [0.25, 0.3) is 0 Å². The van der Waals surface area contributed by atoms with E-state index in [4.69, 9.17) is 0 Å². The molecule has 150 valence electrons. The van der Waals surface area contributed by atoms with Crippen molar-refractivity contribution in [2.45, 2.75) is 33.1 Å². The minimum Gasteiger partial charge on any atom is -0.339 e. The summed E-state index contributed by atoms with van der Waals surface area (Å²) in [4.78, 5) is 26.4. The molecule has 0 aliphatic carbocycles. The van der Waals surface area contributed by atoms with E-state index in [1.54, 1.807) is 0 Å². The lowest BCUT2D eigenvalue weighted by molar-refractivity contribution is -0.121. The Morgan fingerprint density at radius 3 is 2.61 bits per heavy atom. The van der Waals surface area contributed by atoms with Crippen LogP contribution in [0.1, 0.15) is 42.1 Å². The number of rotatable bonds is 5. The smallest absolute Gasteiger partial charge is 0.256 e. The SMILES string of the molecule is CC(C)Cc1nnc(NC(=O)C2CCN(C(=O)c3ccc(F)cc3F)CC2)s1. The molecule has 6 nitrogen and oxygen atoms in total. The number of nitrogens with zero attached hydrogens (tertiary/aromatic N) is 3. The molecule has 1 fully saturated rings. The third kappa shape index (κ3) is 4.89. The fourth-order valence-corrected chi connectivity index (χ4v) is 4.08. The summed E-state index contributed by atoms with van der Waals surface area (Å²) in [6.07, 6.45) is 1.75. The fourth-order valence-electron chi connectivity index (χ4n) is 3.12. The Morgan fingerprint density at radius 2 is 1.96 bits per heavy atom. The zero-order chi connectivity index (χ0) is 20.3. The van der Waals surface area contributed by atoms with E-state index >= 15 is 0 Å². The highest BCUT2D eigenvalue weighted by molar-refractivity contribution is 7.15. The molecule has 0 unspecified atom stereocenters. The summed E-state index contributed by atoms with van der Waals surface area (Å²) in [7, 11) is 0. The molecule has 0 bridgehead atoms. The molecule has 28 heavy (non-hydrogen) atoms. The number of carbonyl (C=O) groups is 2. The zero-order valence-electron chi connectivity index (χ0n) is 15.7. The third-order valence-electron chi connectivity index (χ3n) is 4.59. The van der Waals surface area contributed by atoms with Crippen LogP contribution in [0, 0.1) is 23.5 Å². The van der Waals surface area contributed by atoms with Gasteiger partial charge in [-0.15, -0.1) is 10.2 Å². The molecule has 0 atom stereocenters. The van der Waals surface area contributed by atoms with Crippen LogP contribution < -0.4 is 5.32 Å². The normalized spacial score (nSPS) is 15.1. The number of amides is 2. The van der Waals surface area contributed by atoms with Crippen molar-refractivity contribution in [1.82, 2.24) is 15.1 Å². The Morgan fingerprint density at radius 1 is 1.25 bits per heavy atom. The van der Waals surface area contributed by atoms with Gasteiger partial charge in [-0.1, -0.05) is 25.2 Å². The first-order chi connectivity index (χ1) is 13.3. The molecular weight excluding hydrogens is 386 g/mol. The number of piperidine rings is 1. The highest BCUT2D eigenvalue weighted by Crippen LogP contribution is 2.24. The number of aromatic nitrogens is 2. The van der Waals surface area contributed by atoms with Crippen LogP contribution in [0.2, 0.25) is 0 Å². The fraction of sp³-hybridized carbons (Fsp3) is 0.474. The van der Waals surface area contributed by atoms with Gasteiger partial charge in [-0.2, -0.15) is 0 Å². The van der Waals surface area contributed by atoms with Crippen molar-refractivity contribution in [2.75, 3.05) is 18.4 Å². The summed E-state index contributed by atoms with van der Waals surface area (Å²) >= 11 is 1.37. The molecular formula is C19H22F2N4O2S. The Hall–Kier alpha value is -2.42. The van der Waals surface area contributed by atoms with Crippen LogP contribution in [0.3, 0.4) is 0 Å². The first-order valence-corrected chi connectivity index (χ1v) is 10.0. The van der Waals surface area contributed by atoms with Crippen LogP contribution in [0.4, 0.5) is 13.9 Å². The quantitative estimate of drug-likeness (QED) is 0.822. The molecule has 9 heteroatoms. The number of halogens is 2. The number of anilines is 1. The molecule has 2 aromatic rings. The predicted molar refractivity (Wildman–Crippen MR) is 102 cm³/mol. The summed E-state index contributed by atoms with van der Waals surface area (Å²) in [5.41, 5.74) is -0.157. The van der Waals surface area contributed by atoms with Gasteiger partial charge in [0.1, 0.15) is 16.6 Å². The third-order valence-corrected chi connectivity index (χ3v) is 5.46. The predicted octanol–water partition coefficient (Wildman–Crippen LogP) is 3.51. The van der Waals surface area contributed by atoms with Gasteiger partial charge in [-0.25, -0.2) is 8.78 Å². The van der Waals surface area contributed by atoms with Gasteiger partial charge in [-0.05, 0) is 30.9 Å². The summed E-state index contributed by atoms with van der Waals surface area (Å²) in [6, 6.07) is 2.91. The summed E-state index contributed by atoms with van der Waals surface area (Å²) in [6.45, 7) is 4.85. The standard InChI is InChI=1S/C19H22F2N4O2S/c1-11(2)9-16-23-24-19(28-16)22-17(26)12-5-7-25(8-6-12)18(27)14-4-3-13(20)10-15(14)21/h3-4,10-12H,5-9H2,1-2H3,(H,22,24,26). The minimum absolute atomic E-state index is 0.146. The van der Waals surface area contributed by atoms with Gasteiger partial charge >= 0.3 is 0 Å². The van der Waals surface area contributed by atoms with Crippen molar-refractivity contribution < 1.29 is 18.4 Å². The van der Waals surface area contributed by atoms with Crippen molar-refractivity contribution in [3.05, 3.63) is 40.4 Å². The second kappa shape index (κ2) is 8.72. The topological polar surface area (TPSA) is 75.2 Å². The van der Waals surface area contributed by atoms with Gasteiger partial charge in [0.15, 0.2) is 0 Å². The highest BCUT2D eigenvalue weighted by Gasteiger charge is 2.29. The molecule has 0 spiro atoms. The van der Waals surface area contributed by atoms with Crippen molar-refractivity contribution >= 4 is 28.3 Å². The Labute approximate surface area is 166 Å². The maximum absolute atomic E-state index is 13.8. The van der Waals surface area contributed by atoms with E-state index in [0.717, 1.165) is 23.6 Å². The lowest BCUT2D eigenvalue weighted by Gasteiger charge is -2.31. The zero-order valence-corrected chi connectivity index (χ0v) is 16.6. The molecule has 3 rings (SSSR count). The van der Waals surface area contributed by atoms with E-state index in [2.05, 4.69) is 29.4 Å². The molecule has 1 aromatic carbocycles. The molecule has 1 N–H and O–H groups in total. The lowest BCUT2D eigenvalue weighted by Crippen LogP contribution is -2.41. The second-order valence-corrected chi connectivity index (χ2v) is 8.34. The minimum atomic E-state index is -0.877. The molecule has 1 aliphatic heterocycles. The van der Waals surface area contributed by atoms with Crippen LogP contribution in [0.15, 0.2) is 18.2 Å². The summed E-state index contributed by atoms with van der Waals surface area (Å²) in [5.74, 6) is -2.02. The maximum Gasteiger partial charge on any atom is 0.256 e. The lowest BCUT2D eigenvalue weighted by atomic mass is 9.95. The Bertz CT molecular complexity index is 863. The molecule has 1 saturated heterocycles. The van der Waals surface area contributed by atoms with Gasteiger partial charge in [0.05, 0.1) is 5.56 Å². The van der Waals surface area contributed by atoms with Crippen LogP contribution >= 0.6 is 11.3 Å². The first-order valence-electron chi connectivity index (χ1n) is 9.21. The average molecular weight is 408 g/mol. The van der Waals surface area contributed by atoms with Crippen molar-refractivity contribution in [2.24, 2.45) is 11.8 Å². The molecule has 0 radical (unpaired) electrons. The molecule has 0 saturated carbocycles.